The molecule has 1 amide bonds. The van der Waals surface area contributed by atoms with Crippen molar-refractivity contribution in [1.82, 2.24) is 19.0 Å². The number of fused-ring (bicyclic) bond motifs is 1. The molecule has 1 saturated heterocycles. The number of benzene rings is 1. The molecule has 0 atom stereocenters. The lowest BCUT2D eigenvalue weighted by atomic mass is 9.91. The molecule has 1 aliphatic rings. The number of piperidine rings is 1. The molecule has 142 valence electrons. The van der Waals surface area contributed by atoms with Gasteiger partial charge in [-0.1, -0.05) is 0 Å². The van der Waals surface area contributed by atoms with E-state index in [1.54, 1.807) is 27.8 Å². The molecule has 3 heterocycles. The van der Waals surface area contributed by atoms with E-state index in [0.717, 1.165) is 11.3 Å². The monoisotopic (exact) mass is 370 g/mol. The van der Waals surface area contributed by atoms with Gasteiger partial charge in [-0.3, -0.25) is 4.79 Å². The highest BCUT2D eigenvalue weighted by Gasteiger charge is 2.35. The standard InChI is InChI=1S/C20H23FN4O2/c1-14-22-7-10-25(14)13-20(27)5-8-24(9-6-20)19(26)18-12-15-11-16(21)3-4-17(15)23(18)2/h3-4,7,10-12,27H,5-6,8-9,13H2,1-2H3. The summed E-state index contributed by atoms with van der Waals surface area (Å²) in [5.74, 6) is 0.463. The summed E-state index contributed by atoms with van der Waals surface area (Å²) in [7, 11) is 1.82. The van der Waals surface area contributed by atoms with E-state index >= 15 is 0 Å². The molecule has 0 aliphatic carbocycles. The van der Waals surface area contributed by atoms with Crippen molar-refractivity contribution in [1.29, 1.82) is 0 Å². The summed E-state index contributed by atoms with van der Waals surface area (Å²) in [6.45, 7) is 3.36. The van der Waals surface area contributed by atoms with Crippen LogP contribution in [0.3, 0.4) is 0 Å². The lowest BCUT2D eigenvalue weighted by molar-refractivity contribution is -0.0297. The van der Waals surface area contributed by atoms with Gasteiger partial charge in [0.05, 0.1) is 12.1 Å². The zero-order valence-corrected chi connectivity index (χ0v) is 15.5. The minimum absolute atomic E-state index is 0.0880. The molecule has 3 aromatic rings. The van der Waals surface area contributed by atoms with Crippen molar-refractivity contribution in [2.75, 3.05) is 13.1 Å². The molecule has 0 bridgehead atoms. The number of nitrogens with zero attached hydrogens (tertiary/aromatic N) is 4. The van der Waals surface area contributed by atoms with E-state index in [1.807, 2.05) is 24.7 Å². The summed E-state index contributed by atoms with van der Waals surface area (Å²) in [4.78, 5) is 18.9. The number of carbonyl (C=O) groups excluding carboxylic acids is 1. The topological polar surface area (TPSA) is 63.3 Å². The predicted molar refractivity (Wildman–Crippen MR) is 99.9 cm³/mol. The maximum Gasteiger partial charge on any atom is 0.270 e. The molecule has 2 aromatic heterocycles. The molecule has 1 N–H and O–H groups in total. The van der Waals surface area contributed by atoms with Crippen LogP contribution in [0.25, 0.3) is 10.9 Å². The van der Waals surface area contributed by atoms with Gasteiger partial charge in [-0.2, -0.15) is 0 Å². The summed E-state index contributed by atoms with van der Waals surface area (Å²) < 4.78 is 17.2. The number of hydrogen-bond donors (Lipinski definition) is 1. The third kappa shape index (κ3) is 3.23. The fraction of sp³-hybridized carbons (Fsp3) is 0.400. The van der Waals surface area contributed by atoms with Crippen molar-refractivity contribution in [2.24, 2.45) is 7.05 Å². The van der Waals surface area contributed by atoms with E-state index in [0.29, 0.717) is 43.6 Å². The number of aromatic nitrogens is 3. The number of likely N-dealkylation sites (tertiary alicyclic amines) is 1. The lowest BCUT2D eigenvalue weighted by Gasteiger charge is -2.38. The lowest BCUT2D eigenvalue weighted by Crippen LogP contribution is -2.49. The maximum atomic E-state index is 13.5. The van der Waals surface area contributed by atoms with Gasteiger partial charge >= 0.3 is 0 Å². The van der Waals surface area contributed by atoms with Gasteiger partial charge in [-0.25, -0.2) is 9.37 Å². The number of rotatable bonds is 3. The third-order valence-electron chi connectivity index (χ3n) is 5.59. The highest BCUT2D eigenvalue weighted by Crippen LogP contribution is 2.27. The Bertz CT molecular complexity index is 999. The van der Waals surface area contributed by atoms with Gasteiger partial charge < -0.3 is 19.1 Å². The molecule has 4 rings (SSSR count). The van der Waals surface area contributed by atoms with Crippen LogP contribution < -0.4 is 0 Å². The summed E-state index contributed by atoms with van der Waals surface area (Å²) >= 11 is 0. The summed E-state index contributed by atoms with van der Waals surface area (Å²) in [6.07, 6.45) is 4.60. The van der Waals surface area contributed by atoms with Crippen molar-refractivity contribution < 1.29 is 14.3 Å². The zero-order chi connectivity index (χ0) is 19.2. The molecule has 0 unspecified atom stereocenters. The van der Waals surface area contributed by atoms with Gasteiger partial charge in [0.25, 0.3) is 5.91 Å². The Morgan fingerprint density at radius 2 is 2.04 bits per heavy atom. The second-order valence-electron chi connectivity index (χ2n) is 7.41. The molecule has 0 radical (unpaired) electrons. The molecule has 6 nitrogen and oxygen atoms in total. The number of imidazole rings is 1. The Labute approximate surface area is 156 Å². The van der Waals surface area contributed by atoms with Crippen LogP contribution >= 0.6 is 0 Å². The Balaban J connectivity index is 1.49. The first-order valence-electron chi connectivity index (χ1n) is 9.11. The maximum absolute atomic E-state index is 13.5. The molecule has 0 saturated carbocycles. The first-order chi connectivity index (χ1) is 12.9. The minimum atomic E-state index is -0.843. The fourth-order valence-corrected chi connectivity index (χ4v) is 3.86. The molecule has 0 spiro atoms. The number of aliphatic hydroxyl groups is 1. The number of amides is 1. The van der Waals surface area contributed by atoms with Gasteiger partial charge in [0.1, 0.15) is 17.3 Å². The van der Waals surface area contributed by atoms with Crippen molar-refractivity contribution in [3.8, 4) is 0 Å². The molecule has 27 heavy (non-hydrogen) atoms. The molecule has 1 aromatic carbocycles. The van der Waals surface area contributed by atoms with Crippen molar-refractivity contribution in [3.63, 3.8) is 0 Å². The Morgan fingerprint density at radius 3 is 2.70 bits per heavy atom. The average molecular weight is 370 g/mol. The summed E-state index contributed by atoms with van der Waals surface area (Å²) in [5, 5.41) is 11.6. The minimum Gasteiger partial charge on any atom is -0.388 e. The van der Waals surface area contributed by atoms with Gasteiger partial charge in [0.15, 0.2) is 0 Å². The first kappa shape index (κ1) is 17.7. The number of halogens is 1. The highest BCUT2D eigenvalue weighted by atomic mass is 19.1. The predicted octanol–water partition coefficient (Wildman–Crippen LogP) is 2.49. The Morgan fingerprint density at radius 1 is 1.30 bits per heavy atom. The number of aryl methyl sites for hydroxylation is 2. The zero-order valence-electron chi connectivity index (χ0n) is 15.5. The largest absolute Gasteiger partial charge is 0.388 e. The van der Waals surface area contributed by atoms with E-state index < -0.39 is 5.60 Å². The summed E-state index contributed by atoms with van der Waals surface area (Å²) in [5.41, 5.74) is 0.514. The molecular formula is C20H23FN4O2. The molecule has 7 heteroatoms. The van der Waals surface area contributed by atoms with Crippen LogP contribution in [0.15, 0.2) is 36.7 Å². The average Bonchev–Trinajstić information content (AvgIpc) is 3.18. The molecule has 1 fully saturated rings. The smallest absolute Gasteiger partial charge is 0.270 e. The molecule has 1 aliphatic heterocycles. The van der Waals surface area contributed by atoms with Gasteiger partial charge in [-0.05, 0) is 44.0 Å². The first-order valence-corrected chi connectivity index (χ1v) is 9.11. The van der Waals surface area contributed by atoms with E-state index in [4.69, 9.17) is 0 Å². The molecular weight excluding hydrogens is 347 g/mol. The fourth-order valence-electron chi connectivity index (χ4n) is 3.86. The Kier molecular flexibility index (Phi) is 4.26. The van der Waals surface area contributed by atoms with Gasteiger partial charge in [0, 0.05) is 43.4 Å². The summed E-state index contributed by atoms with van der Waals surface area (Å²) in [6, 6.07) is 6.25. The van der Waals surface area contributed by atoms with Crippen molar-refractivity contribution >= 4 is 16.8 Å². The number of carbonyl (C=O) groups is 1. The van der Waals surface area contributed by atoms with Gasteiger partial charge in [0.2, 0.25) is 0 Å². The normalized spacial score (nSPS) is 16.8. The van der Waals surface area contributed by atoms with E-state index in [1.165, 1.54) is 12.1 Å². The highest BCUT2D eigenvalue weighted by molar-refractivity contribution is 5.98. The quantitative estimate of drug-likeness (QED) is 0.770. The van der Waals surface area contributed by atoms with E-state index in [9.17, 15) is 14.3 Å². The van der Waals surface area contributed by atoms with Crippen LogP contribution in [0.1, 0.15) is 29.2 Å². The van der Waals surface area contributed by atoms with Crippen LogP contribution in [-0.4, -0.2) is 48.7 Å². The van der Waals surface area contributed by atoms with Crippen LogP contribution in [0.2, 0.25) is 0 Å². The van der Waals surface area contributed by atoms with Crippen molar-refractivity contribution in [3.05, 3.63) is 54.0 Å². The second kappa shape index (κ2) is 6.49. The Hall–Kier alpha value is -2.67. The van der Waals surface area contributed by atoms with Gasteiger partial charge in [-0.15, -0.1) is 0 Å². The van der Waals surface area contributed by atoms with Crippen LogP contribution in [0.4, 0.5) is 4.39 Å². The SMILES string of the molecule is Cc1nccn1CC1(O)CCN(C(=O)c2cc3cc(F)ccc3n2C)CC1. The second-order valence-corrected chi connectivity index (χ2v) is 7.41. The third-order valence-corrected chi connectivity index (χ3v) is 5.59. The van der Waals surface area contributed by atoms with Crippen LogP contribution in [-0.2, 0) is 13.6 Å². The van der Waals surface area contributed by atoms with Crippen LogP contribution in [0.5, 0.6) is 0 Å². The van der Waals surface area contributed by atoms with Crippen LogP contribution in [0, 0.1) is 12.7 Å². The van der Waals surface area contributed by atoms with E-state index in [-0.39, 0.29) is 11.7 Å². The van der Waals surface area contributed by atoms with E-state index in [2.05, 4.69) is 4.98 Å². The van der Waals surface area contributed by atoms with Crippen molar-refractivity contribution in [2.45, 2.75) is 31.9 Å². The number of hydrogen-bond acceptors (Lipinski definition) is 3.